The van der Waals surface area contributed by atoms with Crippen LogP contribution in [0.25, 0.3) is 0 Å². The minimum Gasteiger partial charge on any atom is -0.480 e. The zero-order chi connectivity index (χ0) is 8.72. The van der Waals surface area contributed by atoms with E-state index in [9.17, 15) is 4.79 Å². The third-order valence-corrected chi connectivity index (χ3v) is 2.99. The Balaban J connectivity index is 1.86. The monoisotopic (exact) mass is 170 g/mol. The summed E-state index contributed by atoms with van der Waals surface area (Å²) in [4.78, 5) is 14.8. The second kappa shape index (κ2) is 2.71. The molecule has 12 heavy (non-hydrogen) atoms. The Morgan fingerprint density at radius 2 is 2.08 bits per heavy atom. The first-order valence-electron chi connectivity index (χ1n) is 4.33. The van der Waals surface area contributed by atoms with Crippen LogP contribution in [-0.2, 0) is 4.79 Å². The van der Waals surface area contributed by atoms with Crippen LogP contribution in [0, 0.1) is 0 Å². The van der Waals surface area contributed by atoms with E-state index >= 15 is 0 Å². The number of hydrogen-bond acceptors (Lipinski definition) is 3. The van der Waals surface area contributed by atoms with Crippen LogP contribution in [0.3, 0.4) is 0 Å². The van der Waals surface area contributed by atoms with Crippen molar-refractivity contribution in [1.29, 1.82) is 0 Å². The van der Waals surface area contributed by atoms with Gasteiger partial charge in [0, 0.05) is 25.2 Å². The van der Waals surface area contributed by atoms with Crippen molar-refractivity contribution in [2.24, 2.45) is 0 Å². The molecule has 0 radical (unpaired) electrons. The summed E-state index contributed by atoms with van der Waals surface area (Å²) in [5.41, 5.74) is 0. The average molecular weight is 170 g/mol. The Labute approximate surface area is 71.8 Å². The van der Waals surface area contributed by atoms with Crippen molar-refractivity contribution in [1.82, 2.24) is 9.80 Å². The molecule has 0 aromatic carbocycles. The number of carboxylic acids is 1. The molecule has 2 atom stereocenters. The molecule has 3 heterocycles. The number of piperazine rings is 1. The van der Waals surface area contributed by atoms with Gasteiger partial charge in [-0.05, 0) is 13.5 Å². The van der Waals surface area contributed by atoms with E-state index in [0.29, 0.717) is 12.1 Å². The van der Waals surface area contributed by atoms with Gasteiger partial charge in [0.1, 0.15) is 0 Å². The van der Waals surface area contributed by atoms with Gasteiger partial charge in [0.05, 0.1) is 6.54 Å². The van der Waals surface area contributed by atoms with Crippen molar-refractivity contribution in [3.8, 4) is 0 Å². The standard InChI is InChI=1S/C8H14N2O2/c1-9-6-2-7(9)4-10(3-6)5-8(11)12/h6-7H,2-5H2,1H3,(H,11,12). The fourth-order valence-electron chi connectivity index (χ4n) is 2.20. The van der Waals surface area contributed by atoms with Crippen LogP contribution in [-0.4, -0.2) is 59.6 Å². The molecule has 0 saturated carbocycles. The van der Waals surface area contributed by atoms with Gasteiger partial charge >= 0.3 is 5.97 Å². The third kappa shape index (κ3) is 1.21. The molecule has 3 aliphatic rings. The number of aliphatic carboxylic acids is 1. The number of hydrogen-bond donors (Lipinski definition) is 1. The summed E-state index contributed by atoms with van der Waals surface area (Å²) in [6, 6.07) is 1.23. The molecular formula is C8H14N2O2. The second-order valence-electron chi connectivity index (χ2n) is 3.80. The molecule has 0 aliphatic carbocycles. The fraction of sp³-hybridized carbons (Fsp3) is 0.875. The second-order valence-corrected chi connectivity index (χ2v) is 3.80. The summed E-state index contributed by atoms with van der Waals surface area (Å²) in [7, 11) is 2.12. The van der Waals surface area contributed by atoms with E-state index in [1.165, 1.54) is 6.42 Å². The molecule has 3 rings (SSSR count). The van der Waals surface area contributed by atoms with E-state index in [1.54, 1.807) is 0 Å². The normalized spacial score (nSPS) is 36.1. The first kappa shape index (κ1) is 8.01. The van der Waals surface area contributed by atoms with Crippen molar-refractivity contribution in [2.45, 2.75) is 18.5 Å². The first-order valence-corrected chi connectivity index (χ1v) is 4.33. The zero-order valence-electron chi connectivity index (χ0n) is 7.23. The van der Waals surface area contributed by atoms with Gasteiger partial charge in [-0.15, -0.1) is 0 Å². The molecule has 1 N–H and O–H groups in total. The van der Waals surface area contributed by atoms with Gasteiger partial charge in [-0.25, -0.2) is 0 Å². The molecule has 2 bridgehead atoms. The SMILES string of the molecule is CN1C2CC1CN(CC(=O)O)C2. The lowest BCUT2D eigenvalue weighted by molar-refractivity contribution is -0.141. The Morgan fingerprint density at radius 1 is 1.50 bits per heavy atom. The van der Waals surface area contributed by atoms with E-state index < -0.39 is 5.97 Å². The lowest BCUT2D eigenvalue weighted by Crippen LogP contribution is -2.67. The fourth-order valence-corrected chi connectivity index (χ4v) is 2.20. The molecule has 3 saturated heterocycles. The van der Waals surface area contributed by atoms with Crippen molar-refractivity contribution < 1.29 is 9.90 Å². The van der Waals surface area contributed by atoms with Gasteiger partial charge in [-0.1, -0.05) is 0 Å². The molecule has 4 nitrogen and oxygen atoms in total. The maximum atomic E-state index is 10.4. The Kier molecular flexibility index (Phi) is 1.81. The van der Waals surface area contributed by atoms with E-state index in [-0.39, 0.29) is 6.54 Å². The van der Waals surface area contributed by atoms with Crippen molar-refractivity contribution >= 4 is 5.97 Å². The van der Waals surface area contributed by atoms with Gasteiger partial charge < -0.3 is 5.11 Å². The van der Waals surface area contributed by atoms with E-state index in [2.05, 4.69) is 11.9 Å². The summed E-state index contributed by atoms with van der Waals surface area (Å²) in [5.74, 6) is -0.709. The number of likely N-dealkylation sites (N-methyl/N-ethyl adjacent to an activating group) is 1. The van der Waals surface area contributed by atoms with Gasteiger partial charge in [-0.3, -0.25) is 14.6 Å². The summed E-state index contributed by atoms with van der Waals surface area (Å²) in [6.07, 6.45) is 1.26. The van der Waals surface area contributed by atoms with Crippen LogP contribution in [0.5, 0.6) is 0 Å². The summed E-state index contributed by atoms with van der Waals surface area (Å²) in [6.45, 7) is 2.07. The Bertz CT molecular complexity index is 195. The van der Waals surface area contributed by atoms with Crippen LogP contribution in [0.1, 0.15) is 6.42 Å². The highest BCUT2D eigenvalue weighted by molar-refractivity contribution is 5.69. The largest absolute Gasteiger partial charge is 0.480 e. The lowest BCUT2D eigenvalue weighted by Gasteiger charge is -2.54. The van der Waals surface area contributed by atoms with E-state index in [1.807, 2.05) is 4.90 Å². The number of nitrogens with zero attached hydrogens (tertiary/aromatic N) is 2. The number of piperidine rings is 1. The highest BCUT2D eigenvalue weighted by Crippen LogP contribution is 2.29. The minimum absolute atomic E-state index is 0.209. The topological polar surface area (TPSA) is 43.8 Å². The number of carbonyl (C=O) groups is 1. The molecule has 0 aromatic rings. The molecule has 3 fully saturated rings. The summed E-state index contributed by atoms with van der Waals surface area (Å²) in [5, 5.41) is 8.58. The first-order chi connectivity index (χ1) is 5.66. The van der Waals surface area contributed by atoms with E-state index in [4.69, 9.17) is 5.11 Å². The number of rotatable bonds is 2. The van der Waals surface area contributed by atoms with Crippen molar-refractivity contribution in [3.63, 3.8) is 0 Å². The quantitative estimate of drug-likeness (QED) is 0.604. The van der Waals surface area contributed by atoms with Crippen LogP contribution < -0.4 is 0 Å². The molecule has 68 valence electrons. The summed E-state index contributed by atoms with van der Waals surface area (Å²) < 4.78 is 0. The summed E-state index contributed by atoms with van der Waals surface area (Å²) >= 11 is 0. The van der Waals surface area contributed by atoms with Crippen LogP contribution in [0.15, 0.2) is 0 Å². The molecule has 4 heteroatoms. The van der Waals surface area contributed by atoms with Gasteiger partial charge in [0.25, 0.3) is 0 Å². The smallest absolute Gasteiger partial charge is 0.317 e. The predicted molar refractivity (Wildman–Crippen MR) is 44.0 cm³/mol. The molecule has 0 amide bonds. The van der Waals surface area contributed by atoms with E-state index in [0.717, 1.165) is 13.1 Å². The molecular weight excluding hydrogens is 156 g/mol. The number of fused-ring (bicyclic) bond motifs is 2. The zero-order valence-corrected chi connectivity index (χ0v) is 7.23. The molecule has 2 unspecified atom stereocenters. The van der Waals surface area contributed by atoms with Gasteiger partial charge in [0.15, 0.2) is 0 Å². The average Bonchev–Trinajstić information content (AvgIpc) is 2.02. The van der Waals surface area contributed by atoms with Crippen molar-refractivity contribution in [2.75, 3.05) is 26.7 Å². The predicted octanol–water partition coefficient (Wildman–Crippen LogP) is -0.541. The maximum absolute atomic E-state index is 10.4. The maximum Gasteiger partial charge on any atom is 0.317 e. The molecule has 0 aromatic heterocycles. The Morgan fingerprint density at radius 3 is 2.50 bits per heavy atom. The Hall–Kier alpha value is -0.610. The molecule has 0 spiro atoms. The van der Waals surface area contributed by atoms with Crippen LogP contribution in [0.4, 0.5) is 0 Å². The number of carboxylic acid groups (broad SMARTS) is 1. The van der Waals surface area contributed by atoms with Gasteiger partial charge in [-0.2, -0.15) is 0 Å². The lowest BCUT2D eigenvalue weighted by atomic mass is 9.88. The third-order valence-electron chi connectivity index (χ3n) is 2.99. The highest BCUT2D eigenvalue weighted by Gasteiger charge is 2.42. The van der Waals surface area contributed by atoms with Crippen LogP contribution in [0.2, 0.25) is 0 Å². The van der Waals surface area contributed by atoms with Crippen molar-refractivity contribution in [3.05, 3.63) is 0 Å². The molecule has 3 aliphatic heterocycles. The van der Waals surface area contributed by atoms with Crippen LogP contribution >= 0.6 is 0 Å². The minimum atomic E-state index is -0.709. The van der Waals surface area contributed by atoms with Gasteiger partial charge in [0.2, 0.25) is 0 Å². The highest BCUT2D eigenvalue weighted by atomic mass is 16.4.